The van der Waals surface area contributed by atoms with Gasteiger partial charge in [0.1, 0.15) is 0 Å². The molecule has 2 rings (SSSR count). The lowest BCUT2D eigenvalue weighted by atomic mass is 9.86. The molecule has 1 saturated carbocycles. The second kappa shape index (κ2) is 7.53. The van der Waals surface area contributed by atoms with Gasteiger partial charge in [-0.3, -0.25) is 0 Å². The molecular formula is C17H27NO2. The molecule has 1 aromatic carbocycles. The summed E-state index contributed by atoms with van der Waals surface area (Å²) in [5.74, 6) is 3.12. The van der Waals surface area contributed by atoms with Crippen LogP contribution in [0, 0.1) is 11.8 Å². The maximum Gasteiger partial charge on any atom is 0.161 e. The molecule has 0 spiro atoms. The number of hydrogen-bond acceptors (Lipinski definition) is 3. The first kappa shape index (κ1) is 15.2. The summed E-state index contributed by atoms with van der Waals surface area (Å²) in [6.45, 7) is 7.16. The molecule has 1 fully saturated rings. The van der Waals surface area contributed by atoms with Gasteiger partial charge < -0.3 is 14.8 Å². The number of benzene rings is 1. The molecule has 3 nitrogen and oxygen atoms in total. The van der Waals surface area contributed by atoms with Crippen molar-refractivity contribution in [3.8, 4) is 11.5 Å². The van der Waals surface area contributed by atoms with Crippen LogP contribution in [0.25, 0.3) is 0 Å². The summed E-state index contributed by atoms with van der Waals surface area (Å²) >= 11 is 0. The van der Waals surface area contributed by atoms with E-state index in [4.69, 9.17) is 9.47 Å². The number of nitrogens with one attached hydrogen (secondary N) is 1. The lowest BCUT2D eigenvalue weighted by Gasteiger charge is -2.25. The highest BCUT2D eigenvalue weighted by Crippen LogP contribution is 2.31. The zero-order chi connectivity index (χ0) is 14.4. The van der Waals surface area contributed by atoms with Crippen LogP contribution >= 0.6 is 0 Å². The minimum Gasteiger partial charge on any atom is -0.493 e. The second-order valence-electron chi connectivity index (χ2n) is 6.12. The zero-order valence-corrected chi connectivity index (χ0v) is 12.9. The Morgan fingerprint density at radius 3 is 2.65 bits per heavy atom. The average Bonchev–Trinajstić information content (AvgIpc) is 2.37. The van der Waals surface area contributed by atoms with E-state index in [0.29, 0.717) is 5.92 Å². The standard InChI is InChI=1S/C17H27NO2/c1-13(2)10-18-11-15-7-8-16(19-3)17(9-15)20-12-14-5-4-6-14/h7-9,13-14,18H,4-6,10-12H2,1-3H3. The van der Waals surface area contributed by atoms with Crippen LogP contribution in [0.15, 0.2) is 18.2 Å². The van der Waals surface area contributed by atoms with E-state index in [2.05, 4.69) is 31.3 Å². The van der Waals surface area contributed by atoms with Crippen molar-refractivity contribution >= 4 is 0 Å². The predicted octanol–water partition coefficient (Wildman–Crippen LogP) is 3.62. The van der Waals surface area contributed by atoms with E-state index in [9.17, 15) is 0 Å². The smallest absolute Gasteiger partial charge is 0.161 e. The molecule has 1 aliphatic carbocycles. The second-order valence-corrected chi connectivity index (χ2v) is 6.12. The minimum absolute atomic E-state index is 0.669. The van der Waals surface area contributed by atoms with Gasteiger partial charge in [-0.1, -0.05) is 26.3 Å². The van der Waals surface area contributed by atoms with Crippen LogP contribution in [-0.2, 0) is 6.54 Å². The van der Waals surface area contributed by atoms with Crippen molar-refractivity contribution in [2.45, 2.75) is 39.7 Å². The number of ether oxygens (including phenoxy) is 2. The van der Waals surface area contributed by atoms with Crippen LogP contribution in [0.3, 0.4) is 0 Å². The van der Waals surface area contributed by atoms with Crippen molar-refractivity contribution in [1.29, 1.82) is 0 Å². The van der Waals surface area contributed by atoms with Crippen LogP contribution in [0.5, 0.6) is 11.5 Å². The molecule has 3 heteroatoms. The Balaban J connectivity index is 1.92. The van der Waals surface area contributed by atoms with Crippen LogP contribution in [-0.4, -0.2) is 20.3 Å². The van der Waals surface area contributed by atoms with Gasteiger partial charge in [-0.2, -0.15) is 0 Å². The van der Waals surface area contributed by atoms with Crippen molar-refractivity contribution in [1.82, 2.24) is 5.32 Å². The number of hydrogen-bond donors (Lipinski definition) is 1. The first-order chi connectivity index (χ1) is 9.69. The molecule has 1 aliphatic rings. The largest absolute Gasteiger partial charge is 0.493 e. The Kier molecular flexibility index (Phi) is 5.72. The van der Waals surface area contributed by atoms with Gasteiger partial charge in [-0.25, -0.2) is 0 Å². The Hall–Kier alpha value is -1.22. The topological polar surface area (TPSA) is 30.5 Å². The maximum absolute atomic E-state index is 5.95. The summed E-state index contributed by atoms with van der Waals surface area (Å²) < 4.78 is 11.3. The molecule has 0 saturated heterocycles. The molecule has 1 aromatic rings. The minimum atomic E-state index is 0.669. The third-order valence-corrected chi connectivity index (χ3v) is 3.81. The number of rotatable bonds is 8. The van der Waals surface area contributed by atoms with Gasteiger partial charge in [0, 0.05) is 6.54 Å². The molecule has 0 heterocycles. The normalized spacial score (nSPS) is 15.2. The molecule has 1 N–H and O–H groups in total. The Labute approximate surface area is 122 Å². The fraction of sp³-hybridized carbons (Fsp3) is 0.647. The van der Waals surface area contributed by atoms with Crippen molar-refractivity contribution in [2.75, 3.05) is 20.3 Å². The van der Waals surface area contributed by atoms with E-state index in [0.717, 1.165) is 37.1 Å². The van der Waals surface area contributed by atoms with Gasteiger partial charge in [0.25, 0.3) is 0 Å². The lowest BCUT2D eigenvalue weighted by molar-refractivity contribution is 0.176. The van der Waals surface area contributed by atoms with Crippen molar-refractivity contribution in [3.63, 3.8) is 0 Å². The maximum atomic E-state index is 5.95. The molecule has 0 bridgehead atoms. The Morgan fingerprint density at radius 2 is 2.05 bits per heavy atom. The fourth-order valence-corrected chi connectivity index (χ4v) is 2.32. The molecule has 0 radical (unpaired) electrons. The van der Waals surface area contributed by atoms with Crippen molar-refractivity contribution < 1.29 is 9.47 Å². The monoisotopic (exact) mass is 277 g/mol. The van der Waals surface area contributed by atoms with Gasteiger partial charge >= 0.3 is 0 Å². The summed E-state index contributed by atoms with van der Waals surface area (Å²) in [4.78, 5) is 0. The molecule has 0 aliphatic heterocycles. The predicted molar refractivity (Wildman–Crippen MR) is 82.4 cm³/mol. The highest BCUT2D eigenvalue weighted by molar-refractivity contribution is 5.43. The highest BCUT2D eigenvalue weighted by Gasteiger charge is 2.18. The van der Waals surface area contributed by atoms with Crippen LogP contribution in [0.1, 0.15) is 38.7 Å². The summed E-state index contributed by atoms with van der Waals surface area (Å²) in [6.07, 6.45) is 3.96. The fourth-order valence-electron chi connectivity index (χ4n) is 2.32. The summed E-state index contributed by atoms with van der Waals surface area (Å²) in [7, 11) is 1.70. The van der Waals surface area contributed by atoms with E-state index in [1.807, 2.05) is 6.07 Å². The third kappa shape index (κ3) is 4.41. The number of methoxy groups -OCH3 is 1. The van der Waals surface area contributed by atoms with E-state index in [-0.39, 0.29) is 0 Å². The Bertz CT molecular complexity index is 413. The van der Waals surface area contributed by atoms with Crippen molar-refractivity contribution in [2.24, 2.45) is 11.8 Å². The molecule has 0 unspecified atom stereocenters. The van der Waals surface area contributed by atoms with E-state index in [1.165, 1.54) is 24.8 Å². The molecule has 0 aromatic heterocycles. The SMILES string of the molecule is COc1ccc(CNCC(C)C)cc1OCC1CCC1. The van der Waals surface area contributed by atoms with Gasteiger partial charge in [0.2, 0.25) is 0 Å². The molecule has 0 atom stereocenters. The van der Waals surface area contributed by atoms with E-state index >= 15 is 0 Å². The van der Waals surface area contributed by atoms with Gasteiger partial charge in [0.15, 0.2) is 11.5 Å². The summed E-state index contributed by atoms with van der Waals surface area (Å²) in [6, 6.07) is 6.20. The quantitative estimate of drug-likeness (QED) is 0.787. The zero-order valence-electron chi connectivity index (χ0n) is 12.9. The molecule has 0 amide bonds. The highest BCUT2D eigenvalue weighted by atomic mass is 16.5. The molecule has 112 valence electrons. The first-order valence-corrected chi connectivity index (χ1v) is 7.69. The first-order valence-electron chi connectivity index (χ1n) is 7.69. The van der Waals surface area contributed by atoms with Crippen LogP contribution in [0.2, 0.25) is 0 Å². The summed E-state index contributed by atoms with van der Waals surface area (Å²) in [5.41, 5.74) is 1.25. The average molecular weight is 277 g/mol. The third-order valence-electron chi connectivity index (χ3n) is 3.81. The van der Waals surface area contributed by atoms with E-state index < -0.39 is 0 Å². The van der Waals surface area contributed by atoms with Gasteiger partial charge in [-0.05, 0) is 48.9 Å². The lowest BCUT2D eigenvalue weighted by Crippen LogP contribution is -2.20. The van der Waals surface area contributed by atoms with Crippen LogP contribution in [0.4, 0.5) is 0 Å². The summed E-state index contributed by atoms with van der Waals surface area (Å²) in [5, 5.41) is 3.46. The Morgan fingerprint density at radius 1 is 1.25 bits per heavy atom. The van der Waals surface area contributed by atoms with E-state index in [1.54, 1.807) is 7.11 Å². The van der Waals surface area contributed by atoms with Crippen LogP contribution < -0.4 is 14.8 Å². The van der Waals surface area contributed by atoms with Crippen molar-refractivity contribution in [3.05, 3.63) is 23.8 Å². The molecular weight excluding hydrogens is 250 g/mol. The molecule has 20 heavy (non-hydrogen) atoms. The van der Waals surface area contributed by atoms with Gasteiger partial charge in [-0.15, -0.1) is 0 Å². The van der Waals surface area contributed by atoms with Gasteiger partial charge in [0.05, 0.1) is 13.7 Å².